The Balaban J connectivity index is 2.00. The van der Waals surface area contributed by atoms with Gasteiger partial charge in [0, 0.05) is 17.7 Å². The van der Waals surface area contributed by atoms with Crippen molar-refractivity contribution in [3.05, 3.63) is 56.5 Å². The predicted molar refractivity (Wildman–Crippen MR) is 95.6 cm³/mol. The molecule has 0 radical (unpaired) electrons. The molecule has 2 aromatic carbocycles. The summed E-state index contributed by atoms with van der Waals surface area (Å²) in [5, 5.41) is 24.5. The van der Waals surface area contributed by atoms with Crippen LogP contribution in [0, 0.1) is 10.1 Å². The van der Waals surface area contributed by atoms with Crippen LogP contribution in [-0.4, -0.2) is 25.5 Å². The van der Waals surface area contributed by atoms with Gasteiger partial charge in [-0.3, -0.25) is 20.0 Å². The van der Waals surface area contributed by atoms with Crippen molar-refractivity contribution in [1.29, 1.82) is 0 Å². The number of aliphatic imine (C=N–C) groups is 1. The van der Waals surface area contributed by atoms with Crippen LogP contribution in [-0.2, 0) is 0 Å². The normalized spacial score (nSPS) is 16.2. The molecule has 3 aromatic rings. The molecule has 4 rings (SSSR count). The van der Waals surface area contributed by atoms with Crippen molar-refractivity contribution in [1.82, 2.24) is 9.55 Å². The fraction of sp³-hybridized carbons (Fsp3) is 0.0667. The van der Waals surface area contributed by atoms with Gasteiger partial charge >= 0.3 is 0 Å². The number of aromatic hydroxyl groups is 1. The maximum absolute atomic E-state index is 11.2. The number of anilines is 1. The first-order valence-electron chi connectivity index (χ1n) is 7.20. The van der Waals surface area contributed by atoms with E-state index in [-0.39, 0.29) is 27.4 Å². The van der Waals surface area contributed by atoms with E-state index in [0.29, 0.717) is 11.5 Å². The van der Waals surface area contributed by atoms with Crippen LogP contribution >= 0.6 is 15.9 Å². The Kier molecular flexibility index (Phi) is 3.35. The summed E-state index contributed by atoms with van der Waals surface area (Å²) < 4.78 is 1.94. The van der Waals surface area contributed by atoms with Crippen molar-refractivity contribution < 1.29 is 10.0 Å². The molecule has 2 heterocycles. The highest BCUT2D eigenvalue weighted by Gasteiger charge is 2.29. The number of phenolic OH excluding ortho intramolecular Hbond substituents is 1. The van der Waals surface area contributed by atoms with Gasteiger partial charge in [0.1, 0.15) is 5.75 Å². The number of benzene rings is 2. The van der Waals surface area contributed by atoms with Crippen molar-refractivity contribution in [2.24, 2.45) is 10.7 Å². The lowest BCUT2D eigenvalue weighted by molar-refractivity contribution is -0.385. The first kappa shape index (κ1) is 15.4. The molecule has 0 fully saturated rings. The topological polar surface area (TPSA) is 132 Å². The van der Waals surface area contributed by atoms with Crippen molar-refractivity contribution in [3.63, 3.8) is 0 Å². The predicted octanol–water partition coefficient (Wildman–Crippen LogP) is 2.70. The van der Waals surface area contributed by atoms with Gasteiger partial charge < -0.3 is 10.8 Å². The zero-order valence-electron chi connectivity index (χ0n) is 12.5. The fourth-order valence-corrected chi connectivity index (χ4v) is 3.30. The van der Waals surface area contributed by atoms with Gasteiger partial charge in [0.05, 0.1) is 20.4 Å². The van der Waals surface area contributed by atoms with Gasteiger partial charge in [-0.15, -0.1) is 0 Å². The average Bonchev–Trinajstić information content (AvgIpc) is 2.94. The molecule has 0 amide bonds. The van der Waals surface area contributed by atoms with Crippen LogP contribution in [0.15, 0.2) is 45.9 Å². The van der Waals surface area contributed by atoms with Gasteiger partial charge in [-0.05, 0) is 28.1 Å². The highest BCUT2D eigenvalue weighted by atomic mass is 79.9. The summed E-state index contributed by atoms with van der Waals surface area (Å²) in [4.78, 5) is 19.4. The Morgan fingerprint density at radius 1 is 1.36 bits per heavy atom. The third-order valence-corrected chi connectivity index (χ3v) is 4.51. The second-order valence-corrected chi connectivity index (χ2v) is 6.28. The maximum atomic E-state index is 11.2. The van der Waals surface area contributed by atoms with E-state index in [0.717, 1.165) is 5.52 Å². The number of halogens is 1. The molecule has 9 nitrogen and oxygen atoms in total. The highest BCUT2D eigenvalue weighted by molar-refractivity contribution is 9.10. The van der Waals surface area contributed by atoms with Crippen molar-refractivity contribution in [3.8, 4) is 5.75 Å². The number of aromatic nitrogens is 2. The quantitative estimate of drug-likeness (QED) is 0.445. The molecule has 0 aliphatic carbocycles. The van der Waals surface area contributed by atoms with E-state index in [1.807, 2.05) is 24.3 Å². The molecule has 10 heteroatoms. The molecular formula is C15H11BrN6O3. The number of para-hydroxylation sites is 2. The van der Waals surface area contributed by atoms with Gasteiger partial charge in [0.2, 0.25) is 5.95 Å². The number of nitrogens with zero attached hydrogens (tertiary/aromatic N) is 4. The Morgan fingerprint density at radius 2 is 2.12 bits per heavy atom. The van der Waals surface area contributed by atoms with Crippen molar-refractivity contribution in [2.45, 2.75) is 6.17 Å². The summed E-state index contributed by atoms with van der Waals surface area (Å²) in [5.74, 6) is 0.411. The Hall–Kier alpha value is -3.14. The summed E-state index contributed by atoms with van der Waals surface area (Å²) in [6.07, 6.45) is -0.792. The molecule has 0 saturated heterocycles. The number of phenols is 1. The number of hydrogen-bond acceptors (Lipinski definition) is 7. The Morgan fingerprint density at radius 3 is 2.88 bits per heavy atom. The lowest BCUT2D eigenvalue weighted by Crippen LogP contribution is -2.31. The number of nitro groups is 1. The highest BCUT2D eigenvalue weighted by Crippen LogP contribution is 2.41. The first-order chi connectivity index (χ1) is 12.0. The Bertz CT molecular complexity index is 1060. The molecule has 0 bridgehead atoms. The second-order valence-electron chi connectivity index (χ2n) is 5.43. The summed E-state index contributed by atoms with van der Waals surface area (Å²) in [6.45, 7) is 0. The van der Waals surface area contributed by atoms with E-state index in [9.17, 15) is 15.2 Å². The van der Waals surface area contributed by atoms with Gasteiger partial charge in [-0.2, -0.15) is 0 Å². The zero-order valence-corrected chi connectivity index (χ0v) is 14.1. The largest absolute Gasteiger partial charge is 0.506 e. The number of nitrogens with two attached hydrogens (primary N) is 1. The number of imidazole rings is 1. The van der Waals surface area contributed by atoms with Crippen LogP contribution in [0.3, 0.4) is 0 Å². The van der Waals surface area contributed by atoms with Gasteiger partial charge in [0.25, 0.3) is 5.69 Å². The molecule has 0 saturated carbocycles. The van der Waals surface area contributed by atoms with Gasteiger partial charge in [-0.1, -0.05) is 12.1 Å². The lowest BCUT2D eigenvalue weighted by Gasteiger charge is -2.24. The number of fused-ring (bicyclic) bond motifs is 3. The van der Waals surface area contributed by atoms with Gasteiger partial charge in [0.15, 0.2) is 12.1 Å². The minimum absolute atomic E-state index is 0.106. The molecule has 1 aliphatic rings. The number of guanidine groups is 1. The summed E-state index contributed by atoms with van der Waals surface area (Å²) >= 11 is 3.15. The Labute approximate surface area is 149 Å². The molecular weight excluding hydrogens is 392 g/mol. The van der Waals surface area contributed by atoms with Crippen LogP contribution in [0.5, 0.6) is 5.75 Å². The SMILES string of the molecule is NC1=NC(c2cc([N+](=O)[O-])cc(Br)c2O)n2c(nc3ccccc32)N1. The molecule has 0 spiro atoms. The van der Waals surface area contributed by atoms with E-state index < -0.39 is 11.1 Å². The molecule has 1 atom stereocenters. The van der Waals surface area contributed by atoms with Crippen LogP contribution in [0.2, 0.25) is 0 Å². The van der Waals surface area contributed by atoms with Crippen LogP contribution in [0.25, 0.3) is 11.0 Å². The van der Waals surface area contributed by atoms with E-state index in [1.54, 1.807) is 4.57 Å². The summed E-state index contributed by atoms with van der Waals surface area (Å²) in [5.41, 5.74) is 7.39. The first-order valence-corrected chi connectivity index (χ1v) is 7.99. The number of nitro benzene ring substituents is 1. The zero-order chi connectivity index (χ0) is 17.7. The average molecular weight is 403 g/mol. The van der Waals surface area contributed by atoms with Crippen molar-refractivity contribution in [2.75, 3.05) is 5.32 Å². The number of rotatable bonds is 2. The molecule has 1 aliphatic heterocycles. The van der Waals surface area contributed by atoms with Gasteiger partial charge in [-0.25, -0.2) is 9.98 Å². The number of nitrogens with one attached hydrogen (secondary N) is 1. The van der Waals surface area contributed by atoms with E-state index in [1.165, 1.54) is 12.1 Å². The maximum Gasteiger partial charge on any atom is 0.271 e. The molecule has 4 N–H and O–H groups in total. The molecule has 1 aromatic heterocycles. The van der Waals surface area contributed by atoms with Crippen LogP contribution in [0.1, 0.15) is 11.7 Å². The third-order valence-electron chi connectivity index (χ3n) is 3.91. The molecule has 25 heavy (non-hydrogen) atoms. The summed E-state index contributed by atoms with van der Waals surface area (Å²) in [7, 11) is 0. The minimum Gasteiger partial charge on any atom is -0.506 e. The monoisotopic (exact) mass is 402 g/mol. The second kappa shape index (κ2) is 5.45. The van der Waals surface area contributed by atoms with E-state index in [2.05, 4.69) is 31.2 Å². The minimum atomic E-state index is -0.792. The number of hydrogen-bond donors (Lipinski definition) is 3. The standard InChI is InChI=1S/C15H11BrN6O3/c16-9-6-7(22(24)25)5-8(12(9)23)13-19-14(17)20-15-18-10-3-1-2-4-11(10)21(13)15/h1-6,13,23H,(H3,17,18,19,20). The molecule has 126 valence electrons. The lowest BCUT2D eigenvalue weighted by atomic mass is 10.1. The smallest absolute Gasteiger partial charge is 0.271 e. The van der Waals surface area contributed by atoms with E-state index >= 15 is 0 Å². The summed E-state index contributed by atoms with van der Waals surface area (Å²) in [6, 6.07) is 9.90. The van der Waals surface area contributed by atoms with Crippen molar-refractivity contribution >= 4 is 44.6 Å². The van der Waals surface area contributed by atoms with Crippen LogP contribution in [0.4, 0.5) is 11.6 Å². The molecule has 1 unspecified atom stereocenters. The van der Waals surface area contributed by atoms with E-state index in [4.69, 9.17) is 5.73 Å². The fourth-order valence-electron chi connectivity index (χ4n) is 2.83. The van der Waals surface area contributed by atoms with Crippen LogP contribution < -0.4 is 11.1 Å². The number of non-ortho nitro benzene ring substituents is 1. The third kappa shape index (κ3) is 2.38.